The van der Waals surface area contributed by atoms with E-state index < -0.39 is 40.8 Å². The van der Waals surface area contributed by atoms with Crippen molar-refractivity contribution in [2.45, 2.75) is 102 Å². The van der Waals surface area contributed by atoms with Gasteiger partial charge in [-0.1, -0.05) is 18.5 Å². The summed E-state index contributed by atoms with van der Waals surface area (Å²) in [6.07, 6.45) is 2.11. The Morgan fingerprint density at radius 3 is 2.45 bits per heavy atom. The zero-order chi connectivity index (χ0) is 43.1. The van der Waals surface area contributed by atoms with Gasteiger partial charge in [0.2, 0.25) is 17.7 Å². The lowest BCUT2D eigenvalue weighted by atomic mass is 9.88. The first kappa shape index (κ1) is 42.8. The maximum Gasteiger partial charge on any atom is 0.419 e. The fourth-order valence-electron chi connectivity index (χ4n) is 8.82. The Morgan fingerprint density at radius 1 is 1.07 bits per heavy atom. The minimum atomic E-state index is -4.86. The first-order valence-electron chi connectivity index (χ1n) is 19.8. The summed E-state index contributed by atoms with van der Waals surface area (Å²) in [5.74, 6) is -0.302. The molecule has 60 heavy (non-hydrogen) atoms. The van der Waals surface area contributed by atoms with Gasteiger partial charge in [-0.3, -0.25) is 34.3 Å². The Hall–Kier alpha value is -5.31. The summed E-state index contributed by atoms with van der Waals surface area (Å²) >= 11 is 12.1. The SMILES string of the molecule is CCc1cc(N2C(=S)N(c3cnc(C#N)c(C(F)(F)F)c3)C(=O)C2(C)C)ccc1OCCC1CC2CCC(C1)N2CC(=O)Nc1cc(Cl)cc(NC2CCC(=O)NC2=O)c1. The molecule has 0 spiro atoms. The van der Waals surface area contributed by atoms with Gasteiger partial charge in [0.1, 0.15) is 23.4 Å². The number of amides is 4. The van der Waals surface area contributed by atoms with Crippen LogP contribution in [-0.2, 0) is 31.8 Å². The third-order valence-electron chi connectivity index (χ3n) is 11.7. The molecule has 3 unspecified atom stereocenters. The molecule has 18 heteroatoms. The van der Waals surface area contributed by atoms with Gasteiger partial charge in [-0.05, 0) is 125 Å². The van der Waals surface area contributed by atoms with E-state index in [1.807, 2.05) is 19.1 Å². The van der Waals surface area contributed by atoms with E-state index >= 15 is 0 Å². The molecule has 4 aliphatic heterocycles. The van der Waals surface area contributed by atoms with Crippen LogP contribution < -0.4 is 30.5 Å². The number of nitriles is 1. The smallest absolute Gasteiger partial charge is 0.419 e. The molecule has 7 rings (SSSR count). The number of thiocarbonyl (C=S) groups is 1. The van der Waals surface area contributed by atoms with E-state index in [9.17, 15) is 37.6 Å². The number of rotatable bonds is 12. The van der Waals surface area contributed by atoms with Crippen LogP contribution in [0.15, 0.2) is 48.7 Å². The fraction of sp³-hybridized carbons (Fsp3) is 0.452. The van der Waals surface area contributed by atoms with Gasteiger partial charge in [-0.2, -0.15) is 18.4 Å². The summed E-state index contributed by atoms with van der Waals surface area (Å²) in [6.45, 7) is 5.99. The number of fused-ring (bicyclic) bond motifs is 2. The van der Waals surface area contributed by atoms with Crippen molar-refractivity contribution in [1.29, 1.82) is 5.26 Å². The van der Waals surface area contributed by atoms with Crippen LogP contribution in [0.1, 0.15) is 82.5 Å². The van der Waals surface area contributed by atoms with E-state index in [0.717, 1.165) is 54.8 Å². The second-order valence-corrected chi connectivity index (χ2v) is 16.9. The zero-order valence-electron chi connectivity index (χ0n) is 33.2. The first-order valence-corrected chi connectivity index (χ1v) is 20.6. The van der Waals surface area contributed by atoms with Crippen LogP contribution in [0.3, 0.4) is 0 Å². The summed E-state index contributed by atoms with van der Waals surface area (Å²) in [4.78, 5) is 59.3. The van der Waals surface area contributed by atoms with Gasteiger partial charge in [-0.15, -0.1) is 0 Å². The predicted octanol–water partition coefficient (Wildman–Crippen LogP) is 6.97. The van der Waals surface area contributed by atoms with Crippen molar-refractivity contribution >= 4 is 75.3 Å². The van der Waals surface area contributed by atoms with Gasteiger partial charge in [0.15, 0.2) is 10.8 Å². The second kappa shape index (κ2) is 17.0. The van der Waals surface area contributed by atoms with Crippen molar-refractivity contribution in [3.63, 3.8) is 0 Å². The molecular formula is C42H44ClF3N8O5S. The third-order valence-corrected chi connectivity index (χ3v) is 12.3. The van der Waals surface area contributed by atoms with Gasteiger partial charge in [0, 0.05) is 40.6 Å². The molecule has 13 nitrogen and oxygen atoms in total. The minimum absolute atomic E-state index is 0.0169. The Balaban J connectivity index is 0.937. The maximum absolute atomic E-state index is 13.8. The quantitative estimate of drug-likeness (QED) is 0.128. The van der Waals surface area contributed by atoms with Crippen molar-refractivity contribution in [2.75, 3.05) is 33.6 Å². The molecule has 3 atom stereocenters. The first-order chi connectivity index (χ1) is 28.5. The summed E-state index contributed by atoms with van der Waals surface area (Å²) < 4.78 is 47.6. The van der Waals surface area contributed by atoms with Crippen LogP contribution >= 0.6 is 23.8 Å². The highest BCUT2D eigenvalue weighted by Gasteiger charge is 2.51. The topological polar surface area (TPSA) is 160 Å². The molecule has 0 aliphatic carbocycles. The van der Waals surface area contributed by atoms with Gasteiger partial charge < -0.3 is 20.3 Å². The number of ether oxygens (including phenoxy) is 1. The van der Waals surface area contributed by atoms with E-state index in [0.29, 0.717) is 53.2 Å². The average Bonchev–Trinajstić information content (AvgIpc) is 3.51. The predicted molar refractivity (Wildman–Crippen MR) is 223 cm³/mol. The molecule has 4 saturated heterocycles. The number of benzene rings is 2. The molecule has 5 heterocycles. The van der Waals surface area contributed by atoms with Crippen LogP contribution in [0.25, 0.3) is 0 Å². The molecule has 1 aromatic heterocycles. The van der Waals surface area contributed by atoms with Gasteiger partial charge in [0.05, 0.1) is 30.6 Å². The molecular weight excluding hydrogens is 821 g/mol. The molecule has 4 fully saturated rings. The Kier molecular flexibility index (Phi) is 12.1. The number of aromatic nitrogens is 1. The molecule has 4 aliphatic rings. The molecule has 2 aromatic carbocycles. The lowest BCUT2D eigenvalue weighted by molar-refractivity contribution is -0.138. The van der Waals surface area contributed by atoms with Crippen molar-refractivity contribution in [2.24, 2.45) is 5.92 Å². The van der Waals surface area contributed by atoms with Crippen molar-refractivity contribution in [1.82, 2.24) is 15.2 Å². The lowest BCUT2D eigenvalue weighted by Crippen LogP contribution is -2.47. The number of alkyl halides is 3. The highest BCUT2D eigenvalue weighted by atomic mass is 35.5. The number of imide groups is 1. The van der Waals surface area contributed by atoms with Crippen LogP contribution in [0.5, 0.6) is 5.75 Å². The van der Waals surface area contributed by atoms with E-state index in [1.54, 1.807) is 43.0 Å². The normalized spacial score (nSPS) is 22.8. The lowest BCUT2D eigenvalue weighted by Gasteiger charge is -2.38. The zero-order valence-corrected chi connectivity index (χ0v) is 34.8. The molecule has 3 N–H and O–H groups in total. The van der Waals surface area contributed by atoms with Crippen LogP contribution in [0, 0.1) is 17.2 Å². The van der Waals surface area contributed by atoms with E-state index in [4.69, 9.17) is 28.6 Å². The van der Waals surface area contributed by atoms with Crippen LogP contribution in [0.2, 0.25) is 5.02 Å². The number of hydrogen-bond acceptors (Lipinski definition) is 10. The maximum atomic E-state index is 13.8. The monoisotopic (exact) mass is 864 g/mol. The number of pyridine rings is 1. The number of carbonyl (C=O) groups excluding carboxylic acids is 4. The van der Waals surface area contributed by atoms with Gasteiger partial charge in [0.25, 0.3) is 5.91 Å². The highest BCUT2D eigenvalue weighted by molar-refractivity contribution is 7.81. The number of piperidine rings is 2. The number of nitrogens with one attached hydrogen (secondary N) is 3. The second-order valence-electron chi connectivity index (χ2n) is 16.1. The largest absolute Gasteiger partial charge is 0.493 e. The van der Waals surface area contributed by atoms with Crippen LogP contribution in [-0.4, -0.2) is 75.4 Å². The molecule has 0 saturated carbocycles. The number of halogens is 4. The summed E-state index contributed by atoms with van der Waals surface area (Å²) in [5.41, 5.74) is -0.957. The average molecular weight is 865 g/mol. The third kappa shape index (κ3) is 8.77. The van der Waals surface area contributed by atoms with Crippen molar-refractivity contribution in [3.05, 3.63) is 70.5 Å². The van der Waals surface area contributed by atoms with E-state index in [1.165, 1.54) is 6.07 Å². The molecule has 4 amide bonds. The molecule has 2 bridgehead atoms. The standard InChI is InChI=1S/C42H44ClF3N8O5S/c1-4-24-15-30(54-40(60)53(39(58)41(54,2)3)31-19-32(42(44,45)46)34(20-47)48-21-31)7-9-35(24)59-12-11-23-13-28-5-6-29(14-23)52(28)22-37(56)50-27-17-25(43)16-26(18-27)49-33-8-10-36(55)51-38(33)57/h7,9,15-19,21,23,28-29,33,49H,4-6,8,10-14,22H2,1-3H3,(H,50,56)(H,51,55,57). The molecule has 3 aromatic rings. The van der Waals surface area contributed by atoms with Gasteiger partial charge in [-0.25, -0.2) is 4.98 Å². The number of hydrogen-bond donors (Lipinski definition) is 3. The van der Waals surface area contributed by atoms with Crippen LogP contribution in [0.4, 0.5) is 35.9 Å². The minimum Gasteiger partial charge on any atom is -0.493 e. The molecule has 316 valence electrons. The Bertz CT molecular complexity index is 2270. The summed E-state index contributed by atoms with van der Waals surface area (Å²) in [7, 11) is 0. The van der Waals surface area contributed by atoms with Gasteiger partial charge >= 0.3 is 6.18 Å². The van der Waals surface area contributed by atoms with Crippen molar-refractivity contribution < 1.29 is 37.1 Å². The van der Waals surface area contributed by atoms with E-state index in [2.05, 4.69) is 25.8 Å². The summed E-state index contributed by atoms with van der Waals surface area (Å²) in [5, 5.41) is 18.0. The summed E-state index contributed by atoms with van der Waals surface area (Å²) in [6, 6.07) is 12.6. The Labute approximate surface area is 355 Å². The fourth-order valence-corrected chi connectivity index (χ4v) is 9.58. The number of anilines is 4. The van der Waals surface area contributed by atoms with Crippen molar-refractivity contribution in [3.8, 4) is 11.8 Å². The highest BCUT2D eigenvalue weighted by Crippen LogP contribution is 2.42. The molecule has 0 radical (unpaired) electrons. The number of aryl methyl sites for hydroxylation is 1. The van der Waals surface area contributed by atoms with E-state index in [-0.39, 0.29) is 47.7 Å². The number of carbonyl (C=O) groups is 4. The Morgan fingerprint density at radius 2 is 1.78 bits per heavy atom. The number of nitrogens with zero attached hydrogens (tertiary/aromatic N) is 5.